The fraction of sp³-hybridized carbons (Fsp3) is 0.395. The largest absolute Gasteiger partial charge is 0.445 e. The van der Waals surface area contributed by atoms with E-state index in [1.54, 1.807) is 48.5 Å². The van der Waals surface area contributed by atoms with Crippen LogP contribution in [-0.4, -0.2) is 63.0 Å². The van der Waals surface area contributed by atoms with Crippen LogP contribution in [0.5, 0.6) is 0 Å². The third kappa shape index (κ3) is 11.4. The van der Waals surface area contributed by atoms with Crippen LogP contribution in [0.4, 0.5) is 14.0 Å². The van der Waals surface area contributed by atoms with E-state index in [0.717, 1.165) is 29.5 Å². The standard InChI is InChI=1S/C43H51ClFN5O6/c1-7-12-34(27-54-6)50(42(53)56-43(3,4)5)24-29-17-19-33(20-18-29)49-25-32-23-37(47-39(32)48-40(49)51)35-21-31(22-36(44)38(35)45)16-11-13-28(2)46-41(52)55-26-30-14-9-8-10-15-30/h8-10,14-15,17-23,25,28,34H,7,11-13,16,24,26-27H2,1-6H3,(H,46,52)(H,47,48,51)/t28-,34+/m0/s1. The number of halogens is 2. The maximum Gasteiger partial charge on any atom is 0.410 e. The number of ether oxygens (including phenoxy) is 3. The maximum atomic E-state index is 15.5. The minimum atomic E-state index is -0.658. The smallest absolute Gasteiger partial charge is 0.410 e. The molecule has 0 saturated carbocycles. The maximum absolute atomic E-state index is 15.5. The van der Waals surface area contributed by atoms with Gasteiger partial charge in [0.1, 0.15) is 17.9 Å². The molecule has 0 radical (unpaired) electrons. The van der Waals surface area contributed by atoms with Gasteiger partial charge in [0.2, 0.25) is 0 Å². The van der Waals surface area contributed by atoms with Crippen LogP contribution in [0.15, 0.2) is 83.8 Å². The van der Waals surface area contributed by atoms with Crippen molar-refractivity contribution in [1.29, 1.82) is 0 Å². The van der Waals surface area contributed by atoms with Gasteiger partial charge >= 0.3 is 17.9 Å². The summed E-state index contributed by atoms with van der Waals surface area (Å²) < 4.78 is 33.4. The molecule has 2 atom stereocenters. The fourth-order valence-electron chi connectivity index (χ4n) is 6.44. The van der Waals surface area contributed by atoms with Gasteiger partial charge in [0.05, 0.1) is 29.1 Å². The fourth-order valence-corrected chi connectivity index (χ4v) is 6.68. The molecule has 2 amide bonds. The molecule has 0 unspecified atom stereocenters. The van der Waals surface area contributed by atoms with E-state index >= 15 is 4.39 Å². The molecule has 11 nitrogen and oxygen atoms in total. The monoisotopic (exact) mass is 787 g/mol. The SMILES string of the molecule is CCC[C@H](COC)N(Cc1ccc(-n2cc3cc(-c4cc(CCC[C@H](C)NC(=O)OCc5ccccc5)cc(Cl)c4F)[nH]c3nc2=O)cc1)C(=O)OC(C)(C)C. The Hall–Kier alpha value is -5.20. The van der Waals surface area contributed by atoms with Gasteiger partial charge in [-0.15, -0.1) is 0 Å². The Morgan fingerprint density at radius 2 is 1.75 bits per heavy atom. The number of H-pyrrole nitrogens is 1. The third-order valence-corrected chi connectivity index (χ3v) is 9.46. The molecule has 0 aliphatic carbocycles. The molecule has 5 rings (SSSR count). The first kappa shape index (κ1) is 42.0. The highest BCUT2D eigenvalue weighted by atomic mass is 35.5. The van der Waals surface area contributed by atoms with E-state index in [2.05, 4.69) is 22.2 Å². The molecule has 56 heavy (non-hydrogen) atoms. The summed E-state index contributed by atoms with van der Waals surface area (Å²) in [5.74, 6) is -0.587. The van der Waals surface area contributed by atoms with Crippen LogP contribution in [0.25, 0.3) is 28.0 Å². The van der Waals surface area contributed by atoms with Crippen LogP contribution >= 0.6 is 11.6 Å². The number of aromatic nitrogens is 3. The number of nitrogens with zero attached hydrogens (tertiary/aromatic N) is 3. The molecule has 0 saturated heterocycles. The lowest BCUT2D eigenvalue weighted by Gasteiger charge is -2.33. The van der Waals surface area contributed by atoms with Crippen molar-refractivity contribution < 1.29 is 28.2 Å². The number of alkyl carbamates (subject to hydrolysis) is 1. The van der Waals surface area contributed by atoms with E-state index in [1.807, 2.05) is 70.2 Å². The first-order valence-electron chi connectivity index (χ1n) is 18.9. The molecule has 0 aliphatic rings. The van der Waals surface area contributed by atoms with Gasteiger partial charge in [-0.3, -0.25) is 9.47 Å². The number of nitrogens with one attached hydrogen (secondary N) is 2. The highest BCUT2D eigenvalue weighted by molar-refractivity contribution is 6.31. The van der Waals surface area contributed by atoms with Crippen LogP contribution in [0.1, 0.15) is 77.0 Å². The first-order chi connectivity index (χ1) is 26.7. The second-order valence-corrected chi connectivity index (χ2v) is 15.4. The number of methoxy groups -OCH3 is 1. The molecule has 13 heteroatoms. The number of aryl methyl sites for hydroxylation is 1. The van der Waals surface area contributed by atoms with Crippen LogP contribution in [0, 0.1) is 5.82 Å². The van der Waals surface area contributed by atoms with Gasteiger partial charge in [-0.2, -0.15) is 4.98 Å². The Bertz CT molecular complexity index is 2140. The van der Waals surface area contributed by atoms with Crippen molar-refractivity contribution in [2.24, 2.45) is 0 Å². The number of benzene rings is 3. The van der Waals surface area contributed by atoms with Crippen molar-refractivity contribution in [3.05, 3.63) is 117 Å². The number of hydrogen-bond donors (Lipinski definition) is 2. The lowest BCUT2D eigenvalue weighted by molar-refractivity contribution is 0.00195. The van der Waals surface area contributed by atoms with Gasteiger partial charge in [0.15, 0.2) is 5.82 Å². The zero-order valence-corrected chi connectivity index (χ0v) is 33.6. The highest BCUT2D eigenvalue weighted by Gasteiger charge is 2.28. The minimum Gasteiger partial charge on any atom is -0.445 e. The summed E-state index contributed by atoms with van der Waals surface area (Å²) in [6.45, 7) is 10.3. The summed E-state index contributed by atoms with van der Waals surface area (Å²) >= 11 is 6.36. The number of hydrogen-bond acceptors (Lipinski definition) is 7. The second kappa shape index (κ2) is 19.1. The predicted molar refractivity (Wildman–Crippen MR) is 217 cm³/mol. The lowest BCUT2D eigenvalue weighted by Crippen LogP contribution is -2.45. The van der Waals surface area contributed by atoms with Gasteiger partial charge in [0.25, 0.3) is 0 Å². The number of carbonyl (C=O) groups excluding carboxylic acids is 2. The first-order valence-corrected chi connectivity index (χ1v) is 19.3. The van der Waals surface area contributed by atoms with Crippen LogP contribution in [0.2, 0.25) is 5.02 Å². The van der Waals surface area contributed by atoms with Crippen molar-refractivity contribution >= 4 is 34.8 Å². The molecule has 3 aromatic carbocycles. The molecular formula is C43H51ClFN5O6. The number of aromatic amines is 1. The molecular weight excluding hydrogens is 737 g/mol. The van der Waals surface area contributed by atoms with Gasteiger partial charge in [0, 0.05) is 36.8 Å². The van der Waals surface area contributed by atoms with Crippen LogP contribution in [0.3, 0.4) is 0 Å². The molecule has 2 heterocycles. The Labute approximate surface area is 332 Å². The normalized spacial score (nSPS) is 12.6. The van der Waals surface area contributed by atoms with Crippen LogP contribution < -0.4 is 11.0 Å². The number of fused-ring (bicyclic) bond motifs is 1. The average molecular weight is 788 g/mol. The summed E-state index contributed by atoms with van der Waals surface area (Å²) in [7, 11) is 1.61. The van der Waals surface area contributed by atoms with Gasteiger partial charge in [-0.1, -0.05) is 67.4 Å². The average Bonchev–Trinajstić information content (AvgIpc) is 3.56. The van der Waals surface area contributed by atoms with E-state index in [0.29, 0.717) is 54.8 Å². The summed E-state index contributed by atoms with van der Waals surface area (Å²) in [6, 6.07) is 21.5. The number of rotatable bonds is 16. The zero-order chi connectivity index (χ0) is 40.4. The van der Waals surface area contributed by atoms with Crippen LogP contribution in [-0.2, 0) is 33.8 Å². The Kier molecular flexibility index (Phi) is 14.3. The minimum absolute atomic E-state index is 0.0204. The zero-order valence-electron chi connectivity index (χ0n) is 32.9. The van der Waals surface area contributed by atoms with Crippen molar-refractivity contribution in [2.75, 3.05) is 13.7 Å². The molecule has 2 aromatic heterocycles. The Morgan fingerprint density at radius 3 is 2.43 bits per heavy atom. The van der Waals surface area contributed by atoms with Crippen molar-refractivity contribution in [3.8, 4) is 16.9 Å². The molecule has 0 spiro atoms. The Balaban J connectivity index is 1.27. The van der Waals surface area contributed by atoms with E-state index in [9.17, 15) is 14.4 Å². The van der Waals surface area contributed by atoms with Gasteiger partial charge < -0.3 is 24.5 Å². The van der Waals surface area contributed by atoms with E-state index in [1.165, 1.54) is 4.57 Å². The quantitative estimate of drug-likeness (QED) is 0.102. The molecule has 0 fully saturated rings. The Morgan fingerprint density at radius 1 is 1.02 bits per heavy atom. The molecule has 0 bridgehead atoms. The van der Waals surface area contributed by atoms with Crippen molar-refractivity contribution in [2.45, 2.75) is 97.6 Å². The molecule has 2 N–H and O–H groups in total. The number of amides is 2. The summed E-state index contributed by atoms with van der Waals surface area (Å²) in [4.78, 5) is 47.8. The molecule has 0 aliphatic heterocycles. The van der Waals surface area contributed by atoms with Gasteiger partial charge in [-0.05, 0) is 100 Å². The summed E-state index contributed by atoms with van der Waals surface area (Å²) in [5.41, 5.74) is 2.98. The third-order valence-electron chi connectivity index (χ3n) is 9.18. The predicted octanol–water partition coefficient (Wildman–Crippen LogP) is 9.36. The van der Waals surface area contributed by atoms with E-state index in [4.69, 9.17) is 25.8 Å². The van der Waals surface area contributed by atoms with Crippen molar-refractivity contribution in [3.63, 3.8) is 0 Å². The number of carbonyl (C=O) groups is 2. The second-order valence-electron chi connectivity index (χ2n) is 15.0. The topological polar surface area (TPSA) is 128 Å². The van der Waals surface area contributed by atoms with E-state index < -0.39 is 29.3 Å². The summed E-state index contributed by atoms with van der Waals surface area (Å²) in [5, 5.41) is 3.43. The lowest BCUT2D eigenvalue weighted by atomic mass is 10.0. The summed E-state index contributed by atoms with van der Waals surface area (Å²) in [6.07, 6.45) is 4.34. The van der Waals surface area contributed by atoms with Crippen molar-refractivity contribution in [1.82, 2.24) is 24.8 Å². The van der Waals surface area contributed by atoms with Gasteiger partial charge in [-0.25, -0.2) is 18.8 Å². The molecule has 298 valence electrons. The van der Waals surface area contributed by atoms with E-state index in [-0.39, 0.29) is 29.3 Å². The molecule has 5 aromatic rings. The highest BCUT2D eigenvalue weighted by Crippen LogP contribution is 2.31.